The predicted octanol–water partition coefficient (Wildman–Crippen LogP) is 3.10. The molecule has 2 rings (SSSR count). The summed E-state index contributed by atoms with van der Waals surface area (Å²) in [6, 6.07) is 12.1. The van der Waals surface area contributed by atoms with Crippen LogP contribution in [0.1, 0.15) is 15.9 Å². The lowest BCUT2D eigenvalue weighted by Crippen LogP contribution is -2.48. The van der Waals surface area contributed by atoms with Crippen LogP contribution in [-0.2, 0) is 16.1 Å². The van der Waals surface area contributed by atoms with Crippen molar-refractivity contribution in [2.24, 2.45) is 0 Å². The molecule has 0 radical (unpaired) electrons. The number of halogens is 2. The van der Waals surface area contributed by atoms with Crippen LogP contribution in [0, 0.1) is 0 Å². The molecule has 0 fully saturated rings. The SMILES string of the molecule is O=C(NC[C@H](NC(=O)c1c(Cl)cccc1Cl)C(=O)O)OCc1ccccc1. The molecule has 3 N–H and O–H groups in total. The Kier molecular flexibility index (Phi) is 7.45. The van der Waals surface area contributed by atoms with Gasteiger partial charge in [-0.05, 0) is 17.7 Å². The van der Waals surface area contributed by atoms with Gasteiger partial charge in [0.15, 0.2) is 0 Å². The molecular formula is C18H16Cl2N2O5. The number of nitrogens with one attached hydrogen (secondary N) is 2. The second-order valence-corrected chi connectivity index (χ2v) is 6.22. The molecule has 0 spiro atoms. The topological polar surface area (TPSA) is 105 Å². The lowest BCUT2D eigenvalue weighted by Gasteiger charge is -2.16. The van der Waals surface area contributed by atoms with Crippen molar-refractivity contribution in [1.29, 1.82) is 0 Å². The van der Waals surface area contributed by atoms with Gasteiger partial charge in [-0.15, -0.1) is 0 Å². The zero-order valence-corrected chi connectivity index (χ0v) is 15.5. The summed E-state index contributed by atoms with van der Waals surface area (Å²) < 4.78 is 4.99. The Balaban J connectivity index is 1.90. The molecule has 0 aliphatic carbocycles. The molecule has 0 bridgehead atoms. The molecule has 0 aliphatic rings. The van der Waals surface area contributed by atoms with Gasteiger partial charge in [-0.2, -0.15) is 0 Å². The molecular weight excluding hydrogens is 395 g/mol. The van der Waals surface area contributed by atoms with E-state index in [1.165, 1.54) is 12.1 Å². The third-order valence-corrected chi connectivity index (χ3v) is 4.09. The van der Waals surface area contributed by atoms with E-state index < -0.39 is 24.0 Å². The van der Waals surface area contributed by atoms with Crippen molar-refractivity contribution in [3.05, 3.63) is 69.7 Å². The Labute approximate surface area is 165 Å². The molecule has 27 heavy (non-hydrogen) atoms. The van der Waals surface area contributed by atoms with Crippen LogP contribution in [0.5, 0.6) is 0 Å². The van der Waals surface area contributed by atoms with Crippen molar-refractivity contribution in [3.63, 3.8) is 0 Å². The highest BCUT2D eigenvalue weighted by Gasteiger charge is 2.24. The summed E-state index contributed by atoms with van der Waals surface area (Å²) in [5, 5.41) is 14.0. The fourth-order valence-electron chi connectivity index (χ4n) is 2.10. The Morgan fingerprint density at radius 3 is 2.22 bits per heavy atom. The number of alkyl carbamates (subject to hydrolysis) is 1. The Hall–Kier alpha value is -2.77. The van der Waals surface area contributed by atoms with Crippen molar-refractivity contribution in [3.8, 4) is 0 Å². The number of carbonyl (C=O) groups is 3. The van der Waals surface area contributed by atoms with Crippen molar-refractivity contribution in [1.82, 2.24) is 10.6 Å². The monoisotopic (exact) mass is 410 g/mol. The van der Waals surface area contributed by atoms with Gasteiger partial charge in [0.05, 0.1) is 22.2 Å². The Morgan fingerprint density at radius 1 is 1.00 bits per heavy atom. The van der Waals surface area contributed by atoms with Crippen molar-refractivity contribution in [2.45, 2.75) is 12.6 Å². The number of hydrogen-bond donors (Lipinski definition) is 3. The smallest absolute Gasteiger partial charge is 0.407 e. The predicted molar refractivity (Wildman–Crippen MR) is 100.0 cm³/mol. The van der Waals surface area contributed by atoms with Gasteiger partial charge >= 0.3 is 12.1 Å². The van der Waals surface area contributed by atoms with E-state index in [-0.39, 0.29) is 28.8 Å². The lowest BCUT2D eigenvalue weighted by atomic mass is 10.2. The first-order valence-electron chi connectivity index (χ1n) is 7.80. The van der Waals surface area contributed by atoms with Gasteiger partial charge in [-0.3, -0.25) is 4.79 Å². The van der Waals surface area contributed by atoms with Gasteiger partial charge in [-0.1, -0.05) is 59.6 Å². The first kappa shape index (κ1) is 20.5. The van der Waals surface area contributed by atoms with E-state index in [1.807, 2.05) is 6.07 Å². The van der Waals surface area contributed by atoms with Crippen LogP contribution in [-0.4, -0.2) is 35.7 Å². The highest BCUT2D eigenvalue weighted by molar-refractivity contribution is 6.39. The largest absolute Gasteiger partial charge is 0.480 e. The van der Waals surface area contributed by atoms with Crippen LogP contribution in [0.2, 0.25) is 10.0 Å². The van der Waals surface area contributed by atoms with Crippen LogP contribution in [0.25, 0.3) is 0 Å². The van der Waals surface area contributed by atoms with Gasteiger partial charge in [0.1, 0.15) is 12.6 Å². The average molecular weight is 411 g/mol. The number of amides is 2. The van der Waals surface area contributed by atoms with Crippen LogP contribution in [0.3, 0.4) is 0 Å². The van der Waals surface area contributed by atoms with E-state index in [2.05, 4.69) is 10.6 Å². The zero-order chi connectivity index (χ0) is 19.8. The summed E-state index contributed by atoms with van der Waals surface area (Å²) >= 11 is 11.9. The summed E-state index contributed by atoms with van der Waals surface area (Å²) in [7, 11) is 0. The number of carboxylic acid groups (broad SMARTS) is 1. The molecule has 7 nitrogen and oxygen atoms in total. The molecule has 1 atom stereocenters. The fraction of sp³-hybridized carbons (Fsp3) is 0.167. The molecule has 0 saturated carbocycles. The molecule has 2 aromatic rings. The number of ether oxygens (including phenoxy) is 1. The highest BCUT2D eigenvalue weighted by atomic mass is 35.5. The van der Waals surface area contributed by atoms with Crippen LogP contribution in [0.15, 0.2) is 48.5 Å². The number of benzene rings is 2. The fourth-order valence-corrected chi connectivity index (χ4v) is 2.67. The van der Waals surface area contributed by atoms with E-state index in [0.29, 0.717) is 0 Å². The van der Waals surface area contributed by atoms with E-state index in [1.54, 1.807) is 30.3 Å². The second kappa shape index (κ2) is 9.80. The van der Waals surface area contributed by atoms with Crippen molar-refractivity contribution < 1.29 is 24.2 Å². The minimum absolute atomic E-state index is 0.0337. The summed E-state index contributed by atoms with van der Waals surface area (Å²) in [6.45, 7) is -0.344. The molecule has 9 heteroatoms. The quantitative estimate of drug-likeness (QED) is 0.650. The normalized spacial score (nSPS) is 11.3. The number of hydrogen-bond acceptors (Lipinski definition) is 4. The Bertz CT molecular complexity index is 810. The van der Waals surface area contributed by atoms with E-state index in [4.69, 9.17) is 27.9 Å². The van der Waals surface area contributed by atoms with E-state index in [9.17, 15) is 19.5 Å². The first-order valence-corrected chi connectivity index (χ1v) is 8.56. The molecule has 0 aliphatic heterocycles. The molecule has 2 amide bonds. The average Bonchev–Trinajstić information content (AvgIpc) is 2.63. The number of rotatable bonds is 7. The standard InChI is InChI=1S/C18H16Cl2N2O5/c19-12-7-4-8-13(20)15(12)16(23)22-14(17(24)25)9-21-18(26)27-10-11-5-2-1-3-6-11/h1-8,14H,9-10H2,(H,21,26)(H,22,23)(H,24,25)/t14-/m0/s1. The Morgan fingerprint density at radius 2 is 1.63 bits per heavy atom. The minimum Gasteiger partial charge on any atom is -0.480 e. The van der Waals surface area contributed by atoms with E-state index >= 15 is 0 Å². The molecule has 0 heterocycles. The van der Waals surface area contributed by atoms with Crippen molar-refractivity contribution in [2.75, 3.05) is 6.54 Å². The summed E-state index contributed by atoms with van der Waals surface area (Å²) in [4.78, 5) is 35.4. The lowest BCUT2D eigenvalue weighted by molar-refractivity contribution is -0.139. The molecule has 0 saturated heterocycles. The highest BCUT2D eigenvalue weighted by Crippen LogP contribution is 2.24. The van der Waals surface area contributed by atoms with Crippen molar-refractivity contribution >= 4 is 41.2 Å². The summed E-state index contributed by atoms with van der Waals surface area (Å²) in [5.41, 5.74) is 0.739. The third-order valence-electron chi connectivity index (χ3n) is 3.46. The van der Waals surface area contributed by atoms with Crippen LogP contribution >= 0.6 is 23.2 Å². The van der Waals surface area contributed by atoms with Gasteiger partial charge in [-0.25, -0.2) is 9.59 Å². The number of carbonyl (C=O) groups excluding carboxylic acids is 2. The maximum atomic E-state index is 12.3. The number of aliphatic carboxylic acids is 1. The third kappa shape index (κ3) is 6.16. The molecule has 2 aromatic carbocycles. The van der Waals surface area contributed by atoms with Gasteiger partial charge < -0.3 is 20.5 Å². The second-order valence-electron chi connectivity index (χ2n) is 5.40. The summed E-state index contributed by atoms with van der Waals surface area (Å²) in [5.74, 6) is -2.10. The maximum Gasteiger partial charge on any atom is 0.407 e. The zero-order valence-electron chi connectivity index (χ0n) is 13.9. The minimum atomic E-state index is -1.39. The summed E-state index contributed by atoms with van der Waals surface area (Å²) in [6.07, 6.45) is -0.810. The van der Waals surface area contributed by atoms with Gasteiger partial charge in [0.25, 0.3) is 5.91 Å². The maximum absolute atomic E-state index is 12.3. The van der Waals surface area contributed by atoms with E-state index in [0.717, 1.165) is 5.56 Å². The van der Waals surface area contributed by atoms with Crippen LogP contribution in [0.4, 0.5) is 4.79 Å². The molecule has 142 valence electrons. The number of carboxylic acids is 1. The van der Waals surface area contributed by atoms with Gasteiger partial charge in [0.2, 0.25) is 0 Å². The molecule has 0 aromatic heterocycles. The first-order chi connectivity index (χ1) is 12.9. The van der Waals surface area contributed by atoms with Gasteiger partial charge in [0, 0.05) is 0 Å². The molecule has 0 unspecified atom stereocenters. The van der Waals surface area contributed by atoms with Crippen LogP contribution < -0.4 is 10.6 Å².